The van der Waals surface area contributed by atoms with Crippen molar-refractivity contribution in [1.82, 2.24) is 5.32 Å². The summed E-state index contributed by atoms with van der Waals surface area (Å²) in [6, 6.07) is 8.30. The van der Waals surface area contributed by atoms with Gasteiger partial charge in [-0.15, -0.1) is 0 Å². The molecule has 6 nitrogen and oxygen atoms in total. The average Bonchev–Trinajstić information content (AvgIpc) is 2.92. The number of halogens is 2. The Morgan fingerprint density at radius 1 is 1.19 bits per heavy atom. The minimum atomic E-state index is -0.323. The molecule has 1 heterocycles. The summed E-state index contributed by atoms with van der Waals surface area (Å²) in [6.07, 6.45) is 1.69. The fourth-order valence-electron chi connectivity index (χ4n) is 2.58. The van der Waals surface area contributed by atoms with Crippen LogP contribution in [0, 0.1) is 0 Å². The van der Waals surface area contributed by atoms with Crippen molar-refractivity contribution in [3.8, 4) is 5.75 Å². The number of aromatic hydroxyl groups is 1. The summed E-state index contributed by atoms with van der Waals surface area (Å²) >= 11 is 6.53. The maximum absolute atomic E-state index is 12.3. The molecule has 0 radical (unpaired) electrons. The zero-order chi connectivity index (χ0) is 18.8. The molecule has 1 aliphatic rings. The van der Waals surface area contributed by atoms with Crippen molar-refractivity contribution in [2.24, 2.45) is 0 Å². The van der Waals surface area contributed by atoms with E-state index < -0.39 is 0 Å². The van der Waals surface area contributed by atoms with Crippen LogP contribution in [0.1, 0.15) is 21.5 Å². The van der Waals surface area contributed by atoms with E-state index in [4.69, 9.17) is 5.11 Å². The van der Waals surface area contributed by atoms with Crippen molar-refractivity contribution in [1.29, 1.82) is 0 Å². The molecule has 0 saturated heterocycles. The molecule has 0 fully saturated rings. The van der Waals surface area contributed by atoms with Crippen LogP contribution in [0.3, 0.4) is 0 Å². The molecule has 1 aliphatic heterocycles. The van der Waals surface area contributed by atoms with E-state index in [1.165, 1.54) is 0 Å². The number of aliphatic hydroxyl groups excluding tert-OH is 1. The molecule has 2 amide bonds. The van der Waals surface area contributed by atoms with E-state index in [9.17, 15) is 14.7 Å². The summed E-state index contributed by atoms with van der Waals surface area (Å²) in [5.74, 6) is -0.518. The lowest BCUT2D eigenvalue weighted by molar-refractivity contribution is -0.110. The first kappa shape index (κ1) is 18.6. The van der Waals surface area contributed by atoms with Gasteiger partial charge in [-0.25, -0.2) is 0 Å². The molecule has 134 valence electrons. The minimum Gasteiger partial charge on any atom is -0.506 e. The largest absolute Gasteiger partial charge is 0.506 e. The van der Waals surface area contributed by atoms with Crippen molar-refractivity contribution in [3.05, 3.63) is 56.0 Å². The predicted octanol–water partition coefficient (Wildman–Crippen LogP) is 3.13. The van der Waals surface area contributed by atoms with Crippen LogP contribution in [0.4, 0.5) is 5.69 Å². The number of hydrogen-bond acceptors (Lipinski definition) is 4. The first-order valence-electron chi connectivity index (χ1n) is 7.65. The van der Waals surface area contributed by atoms with Crippen molar-refractivity contribution in [2.75, 3.05) is 18.5 Å². The number of amides is 2. The molecule has 0 atom stereocenters. The quantitative estimate of drug-likeness (QED) is 0.504. The van der Waals surface area contributed by atoms with Gasteiger partial charge in [0, 0.05) is 28.9 Å². The van der Waals surface area contributed by atoms with Gasteiger partial charge in [-0.05, 0) is 73.8 Å². The molecule has 26 heavy (non-hydrogen) atoms. The highest BCUT2D eigenvalue weighted by Gasteiger charge is 2.25. The fourth-order valence-corrected chi connectivity index (χ4v) is 3.80. The maximum atomic E-state index is 12.3. The first-order chi connectivity index (χ1) is 12.4. The predicted molar refractivity (Wildman–Crippen MR) is 106 cm³/mol. The highest BCUT2D eigenvalue weighted by molar-refractivity contribution is 9.11. The summed E-state index contributed by atoms with van der Waals surface area (Å²) in [5.41, 5.74) is 2.76. The summed E-state index contributed by atoms with van der Waals surface area (Å²) in [5, 5.41) is 24.0. The summed E-state index contributed by atoms with van der Waals surface area (Å²) < 4.78 is 0.990. The number of benzene rings is 2. The number of hydrogen-bond donors (Lipinski definition) is 4. The molecule has 3 rings (SSSR count). The average molecular weight is 482 g/mol. The summed E-state index contributed by atoms with van der Waals surface area (Å²) in [7, 11) is 0. The Morgan fingerprint density at radius 3 is 2.54 bits per heavy atom. The molecular weight excluding hydrogens is 468 g/mol. The maximum Gasteiger partial charge on any atom is 0.256 e. The number of phenolic OH excluding ortho intramolecular Hbond substituents is 1. The molecule has 0 saturated carbocycles. The number of rotatable bonds is 4. The number of nitrogens with one attached hydrogen (secondary N) is 2. The van der Waals surface area contributed by atoms with Gasteiger partial charge < -0.3 is 20.8 Å². The third kappa shape index (κ3) is 3.67. The van der Waals surface area contributed by atoms with Gasteiger partial charge in [0.05, 0.1) is 15.6 Å². The fraction of sp³-hybridized carbons (Fsp3) is 0.111. The number of aliphatic hydroxyl groups is 1. The Kier molecular flexibility index (Phi) is 5.45. The van der Waals surface area contributed by atoms with Gasteiger partial charge in [0.2, 0.25) is 0 Å². The molecular formula is C18H14Br2N2O4. The van der Waals surface area contributed by atoms with Gasteiger partial charge in [0.25, 0.3) is 11.8 Å². The minimum absolute atomic E-state index is 0.0752. The van der Waals surface area contributed by atoms with Crippen LogP contribution in [0.25, 0.3) is 11.6 Å². The lowest BCUT2D eigenvalue weighted by Crippen LogP contribution is -2.26. The van der Waals surface area contributed by atoms with E-state index in [0.29, 0.717) is 36.9 Å². The first-order valence-corrected chi connectivity index (χ1v) is 9.24. The molecule has 2 aromatic carbocycles. The van der Waals surface area contributed by atoms with Crippen LogP contribution in [-0.2, 0) is 4.79 Å². The Bertz CT molecular complexity index is 918. The molecule has 0 aliphatic carbocycles. The Morgan fingerprint density at radius 2 is 1.88 bits per heavy atom. The van der Waals surface area contributed by atoms with Crippen LogP contribution in [0.15, 0.2) is 39.3 Å². The second-order valence-corrected chi connectivity index (χ2v) is 7.29. The standard InChI is InChI=1S/C18H14Br2N2O4/c19-13-6-9(7-14(20)16(13)24)5-12-11-8-10(17(25)21-3-4-23)1-2-15(11)22-18(12)26/h1-2,5-8,23-24H,3-4H2,(H,21,25)(H,22,26)/b12-5-. The number of fused-ring (bicyclic) bond motifs is 1. The highest BCUT2D eigenvalue weighted by atomic mass is 79.9. The number of phenols is 1. The van der Waals surface area contributed by atoms with Crippen LogP contribution in [0.5, 0.6) is 5.75 Å². The second-order valence-electron chi connectivity index (χ2n) is 5.59. The molecule has 8 heteroatoms. The zero-order valence-electron chi connectivity index (χ0n) is 13.3. The molecule has 4 N–H and O–H groups in total. The van der Waals surface area contributed by atoms with E-state index in [0.717, 1.165) is 0 Å². The highest BCUT2D eigenvalue weighted by Crippen LogP contribution is 2.37. The monoisotopic (exact) mass is 480 g/mol. The third-order valence-corrected chi connectivity index (χ3v) is 5.02. The lowest BCUT2D eigenvalue weighted by atomic mass is 10.0. The van der Waals surface area contributed by atoms with E-state index in [1.54, 1.807) is 36.4 Å². The van der Waals surface area contributed by atoms with Gasteiger partial charge in [-0.3, -0.25) is 9.59 Å². The van der Waals surface area contributed by atoms with Gasteiger partial charge in [0.15, 0.2) is 0 Å². The topological polar surface area (TPSA) is 98.7 Å². The van der Waals surface area contributed by atoms with Gasteiger partial charge in [-0.1, -0.05) is 0 Å². The van der Waals surface area contributed by atoms with Crippen LogP contribution in [-0.4, -0.2) is 35.2 Å². The van der Waals surface area contributed by atoms with Gasteiger partial charge in [-0.2, -0.15) is 0 Å². The van der Waals surface area contributed by atoms with E-state index >= 15 is 0 Å². The van der Waals surface area contributed by atoms with Gasteiger partial charge in [0.1, 0.15) is 5.75 Å². The smallest absolute Gasteiger partial charge is 0.256 e. The van der Waals surface area contributed by atoms with Crippen LogP contribution >= 0.6 is 31.9 Å². The lowest BCUT2D eigenvalue weighted by Gasteiger charge is -2.06. The van der Waals surface area contributed by atoms with Crippen molar-refractivity contribution in [3.63, 3.8) is 0 Å². The van der Waals surface area contributed by atoms with E-state index in [-0.39, 0.29) is 30.7 Å². The third-order valence-electron chi connectivity index (χ3n) is 3.81. The van der Waals surface area contributed by atoms with E-state index in [2.05, 4.69) is 42.5 Å². The number of carbonyl (C=O) groups excluding carboxylic acids is 2. The molecule has 0 spiro atoms. The van der Waals surface area contributed by atoms with Crippen molar-refractivity contribution >= 4 is 61.0 Å². The van der Waals surface area contributed by atoms with Crippen LogP contribution < -0.4 is 10.6 Å². The van der Waals surface area contributed by atoms with Crippen LogP contribution in [0.2, 0.25) is 0 Å². The Balaban J connectivity index is 2.01. The van der Waals surface area contributed by atoms with Gasteiger partial charge >= 0.3 is 0 Å². The SMILES string of the molecule is O=C1Nc2ccc(C(=O)NCCO)cc2/C1=C/c1cc(Br)c(O)c(Br)c1. The molecule has 0 unspecified atom stereocenters. The van der Waals surface area contributed by atoms with Crippen molar-refractivity contribution < 1.29 is 19.8 Å². The normalized spacial score (nSPS) is 14.3. The number of anilines is 1. The zero-order valence-corrected chi connectivity index (χ0v) is 16.5. The number of carbonyl (C=O) groups is 2. The molecule has 2 aromatic rings. The second kappa shape index (κ2) is 7.61. The van der Waals surface area contributed by atoms with Crippen molar-refractivity contribution in [2.45, 2.75) is 0 Å². The molecule has 0 aromatic heterocycles. The molecule has 0 bridgehead atoms. The Labute approximate surface area is 166 Å². The van der Waals surface area contributed by atoms with E-state index in [1.807, 2.05) is 0 Å². The Hall–Kier alpha value is -2.16. The summed E-state index contributed by atoms with van der Waals surface area (Å²) in [6.45, 7) is 0.0117. The summed E-state index contributed by atoms with van der Waals surface area (Å²) in [4.78, 5) is 24.4.